The molecule has 2 N–H and O–H groups in total. The molecule has 0 saturated heterocycles. The van der Waals surface area contributed by atoms with Crippen LogP contribution < -0.4 is 10.6 Å². The first-order chi connectivity index (χ1) is 13.7. The summed E-state index contributed by atoms with van der Waals surface area (Å²) in [6.45, 7) is 2.68. The van der Waals surface area contributed by atoms with E-state index in [-0.39, 0.29) is 0 Å². The number of hydrogen-bond acceptors (Lipinski definition) is 5. The zero-order valence-electron chi connectivity index (χ0n) is 15.5. The van der Waals surface area contributed by atoms with Crippen LogP contribution in [0.2, 0.25) is 5.02 Å². The zero-order chi connectivity index (χ0) is 19.3. The molecule has 4 rings (SSSR count). The van der Waals surface area contributed by atoms with Crippen molar-refractivity contribution in [3.05, 3.63) is 83.1 Å². The van der Waals surface area contributed by atoms with Crippen LogP contribution in [0, 0.1) is 6.92 Å². The van der Waals surface area contributed by atoms with Gasteiger partial charge in [-0.25, -0.2) is 4.98 Å². The first-order valence-electron chi connectivity index (χ1n) is 9.12. The van der Waals surface area contributed by atoms with E-state index in [1.165, 1.54) is 5.56 Å². The lowest BCUT2D eigenvalue weighted by Gasteiger charge is -2.11. The van der Waals surface area contributed by atoms with E-state index in [0.717, 1.165) is 46.1 Å². The van der Waals surface area contributed by atoms with Crippen molar-refractivity contribution in [1.82, 2.24) is 15.0 Å². The summed E-state index contributed by atoms with van der Waals surface area (Å²) in [6.07, 6.45) is 2.63. The van der Waals surface area contributed by atoms with Crippen molar-refractivity contribution in [2.75, 3.05) is 17.2 Å². The molecule has 0 atom stereocenters. The molecule has 0 aliphatic rings. The third-order valence-electron chi connectivity index (χ3n) is 4.34. The Morgan fingerprint density at radius 1 is 0.964 bits per heavy atom. The fraction of sp³-hybridized carbons (Fsp3) is 0.136. The van der Waals surface area contributed by atoms with Gasteiger partial charge in [0.05, 0.1) is 11.2 Å². The first-order valence-corrected chi connectivity index (χ1v) is 9.50. The molecule has 0 aliphatic heterocycles. The van der Waals surface area contributed by atoms with Crippen LogP contribution in [-0.2, 0) is 6.42 Å². The van der Waals surface area contributed by atoms with Gasteiger partial charge in [0, 0.05) is 34.9 Å². The molecule has 0 radical (unpaired) electrons. The first kappa shape index (κ1) is 18.2. The van der Waals surface area contributed by atoms with E-state index in [9.17, 15) is 0 Å². The molecule has 2 heterocycles. The maximum absolute atomic E-state index is 6.04. The Hall–Kier alpha value is -3.18. The molecule has 140 valence electrons. The molecule has 0 aliphatic carbocycles. The van der Waals surface area contributed by atoms with Crippen LogP contribution in [0.5, 0.6) is 0 Å². The van der Waals surface area contributed by atoms with E-state index < -0.39 is 0 Å². The van der Waals surface area contributed by atoms with Crippen LogP contribution in [0.3, 0.4) is 0 Å². The molecule has 0 fully saturated rings. The maximum atomic E-state index is 6.04. The summed E-state index contributed by atoms with van der Waals surface area (Å²) in [6, 6.07) is 19.8. The molecule has 4 aromatic rings. The van der Waals surface area contributed by atoms with Gasteiger partial charge in [0.1, 0.15) is 5.82 Å². The van der Waals surface area contributed by atoms with E-state index in [1.807, 2.05) is 61.5 Å². The van der Waals surface area contributed by atoms with Gasteiger partial charge >= 0.3 is 0 Å². The predicted molar refractivity (Wildman–Crippen MR) is 115 cm³/mol. The van der Waals surface area contributed by atoms with Crippen molar-refractivity contribution in [3.8, 4) is 0 Å². The summed E-state index contributed by atoms with van der Waals surface area (Å²) in [5, 5.41) is 8.50. The highest BCUT2D eigenvalue weighted by molar-refractivity contribution is 6.30. The summed E-state index contributed by atoms with van der Waals surface area (Å²) in [4.78, 5) is 13.6. The molecule has 2 aromatic heterocycles. The number of para-hydroxylation sites is 1. The number of anilines is 3. The normalized spacial score (nSPS) is 10.8. The Morgan fingerprint density at radius 3 is 2.71 bits per heavy atom. The lowest BCUT2D eigenvalue weighted by atomic mass is 10.1. The molecule has 0 saturated carbocycles. The highest BCUT2D eigenvalue weighted by Crippen LogP contribution is 2.24. The highest BCUT2D eigenvalue weighted by atomic mass is 35.5. The van der Waals surface area contributed by atoms with E-state index in [0.29, 0.717) is 5.95 Å². The number of rotatable bonds is 6. The number of nitrogens with zero attached hydrogens (tertiary/aromatic N) is 3. The second kappa shape index (κ2) is 8.23. The van der Waals surface area contributed by atoms with Crippen LogP contribution in [0.4, 0.5) is 17.5 Å². The van der Waals surface area contributed by atoms with Crippen molar-refractivity contribution in [2.45, 2.75) is 13.3 Å². The number of hydrogen-bond donors (Lipinski definition) is 2. The van der Waals surface area contributed by atoms with Gasteiger partial charge in [0.15, 0.2) is 0 Å². The number of nitrogens with one attached hydrogen (secondary N) is 2. The molecule has 5 nitrogen and oxygen atoms in total. The molecule has 0 amide bonds. The fourth-order valence-electron chi connectivity index (χ4n) is 3.07. The smallest absolute Gasteiger partial charge is 0.224 e. The Morgan fingerprint density at radius 2 is 1.82 bits per heavy atom. The third kappa shape index (κ3) is 4.38. The Balaban J connectivity index is 1.49. The van der Waals surface area contributed by atoms with E-state index in [1.54, 1.807) is 6.20 Å². The van der Waals surface area contributed by atoms with Gasteiger partial charge in [0.2, 0.25) is 5.95 Å². The Labute approximate surface area is 168 Å². The summed E-state index contributed by atoms with van der Waals surface area (Å²) < 4.78 is 0. The number of aromatic nitrogens is 3. The number of benzene rings is 2. The molecule has 0 spiro atoms. The Kier molecular flexibility index (Phi) is 5.35. The van der Waals surface area contributed by atoms with Gasteiger partial charge in [-0.05, 0) is 43.2 Å². The van der Waals surface area contributed by atoms with Crippen LogP contribution in [0.15, 0.2) is 66.9 Å². The zero-order valence-corrected chi connectivity index (χ0v) is 16.2. The van der Waals surface area contributed by atoms with Gasteiger partial charge in [-0.1, -0.05) is 41.9 Å². The lowest BCUT2D eigenvalue weighted by molar-refractivity contribution is 0.976. The topological polar surface area (TPSA) is 62.7 Å². The molecular weight excluding hydrogens is 370 g/mol. The average Bonchev–Trinajstić information content (AvgIpc) is 2.68. The predicted octanol–water partition coefficient (Wildman–Crippen LogP) is 5.38. The van der Waals surface area contributed by atoms with E-state index in [4.69, 9.17) is 11.6 Å². The average molecular weight is 390 g/mol. The standard InChI is InChI=1S/C22H20ClN5/c1-15-13-20(27-19-9-3-6-17-7-4-11-24-21(17)19)28-22(26-15)25-12-10-16-5-2-8-18(23)14-16/h2-9,11,13-14H,10,12H2,1H3,(H2,25,26,27,28). The quantitative estimate of drug-likeness (QED) is 0.463. The van der Waals surface area contributed by atoms with Gasteiger partial charge in [0.25, 0.3) is 0 Å². The number of aryl methyl sites for hydroxylation is 1. The van der Waals surface area contributed by atoms with Crippen molar-refractivity contribution in [3.63, 3.8) is 0 Å². The van der Waals surface area contributed by atoms with Crippen LogP contribution in [0.25, 0.3) is 10.9 Å². The van der Waals surface area contributed by atoms with Gasteiger partial charge in [-0.3, -0.25) is 4.98 Å². The molecule has 0 bridgehead atoms. The van der Waals surface area contributed by atoms with Crippen molar-refractivity contribution in [2.24, 2.45) is 0 Å². The minimum Gasteiger partial charge on any atom is -0.354 e. The van der Waals surface area contributed by atoms with Crippen LogP contribution in [0.1, 0.15) is 11.3 Å². The largest absolute Gasteiger partial charge is 0.354 e. The van der Waals surface area contributed by atoms with Crippen molar-refractivity contribution >= 4 is 40.0 Å². The number of fused-ring (bicyclic) bond motifs is 1. The second-order valence-electron chi connectivity index (χ2n) is 6.53. The van der Waals surface area contributed by atoms with Crippen molar-refractivity contribution in [1.29, 1.82) is 0 Å². The number of halogens is 1. The minimum absolute atomic E-state index is 0.595. The third-order valence-corrected chi connectivity index (χ3v) is 4.57. The summed E-state index contributed by atoms with van der Waals surface area (Å²) in [5.74, 6) is 1.33. The van der Waals surface area contributed by atoms with E-state index >= 15 is 0 Å². The molecule has 0 unspecified atom stereocenters. The Bertz CT molecular complexity index is 1110. The van der Waals surface area contributed by atoms with Crippen LogP contribution in [-0.4, -0.2) is 21.5 Å². The van der Waals surface area contributed by atoms with Gasteiger partial charge < -0.3 is 10.6 Å². The van der Waals surface area contributed by atoms with Gasteiger partial charge in [-0.2, -0.15) is 4.98 Å². The van der Waals surface area contributed by atoms with Crippen molar-refractivity contribution < 1.29 is 0 Å². The lowest BCUT2D eigenvalue weighted by Crippen LogP contribution is -2.09. The van der Waals surface area contributed by atoms with E-state index in [2.05, 4.69) is 31.7 Å². The molecule has 28 heavy (non-hydrogen) atoms. The molecule has 6 heteroatoms. The molecule has 2 aromatic carbocycles. The number of pyridine rings is 1. The summed E-state index contributed by atoms with van der Waals surface area (Å²) in [7, 11) is 0. The summed E-state index contributed by atoms with van der Waals surface area (Å²) in [5.41, 5.74) is 3.89. The fourth-order valence-corrected chi connectivity index (χ4v) is 3.28. The van der Waals surface area contributed by atoms with Gasteiger partial charge in [-0.15, -0.1) is 0 Å². The molecular formula is C22H20ClN5. The SMILES string of the molecule is Cc1cc(Nc2cccc3cccnc23)nc(NCCc2cccc(Cl)c2)n1. The highest BCUT2D eigenvalue weighted by Gasteiger charge is 2.06. The summed E-state index contributed by atoms with van der Waals surface area (Å²) >= 11 is 6.04. The second-order valence-corrected chi connectivity index (χ2v) is 6.97. The minimum atomic E-state index is 0.595. The monoisotopic (exact) mass is 389 g/mol. The van der Waals surface area contributed by atoms with Crippen LogP contribution >= 0.6 is 11.6 Å². The maximum Gasteiger partial charge on any atom is 0.224 e.